The van der Waals surface area contributed by atoms with E-state index in [9.17, 15) is 4.79 Å². The minimum absolute atomic E-state index is 0.123. The summed E-state index contributed by atoms with van der Waals surface area (Å²) in [6.07, 6.45) is 3.23. The smallest absolute Gasteiger partial charge is 0.220 e. The average Bonchev–Trinajstić information content (AvgIpc) is 2.73. The fourth-order valence-corrected chi connectivity index (χ4v) is 2.66. The number of rotatable bonds is 8. The normalized spacial score (nSPS) is 11.6. The number of nitrogens with zero attached hydrogens (tertiary/aromatic N) is 1. The van der Waals surface area contributed by atoms with Crippen molar-refractivity contribution in [2.75, 3.05) is 13.1 Å². The summed E-state index contributed by atoms with van der Waals surface area (Å²) in [5.74, 6) is 0.123. The van der Waals surface area contributed by atoms with Crippen molar-refractivity contribution in [3.05, 3.63) is 16.1 Å². The number of aromatic nitrogens is 1. The number of nitrogens with two attached hydrogens (primary N) is 1. The van der Waals surface area contributed by atoms with Gasteiger partial charge in [-0.25, -0.2) is 4.98 Å². The van der Waals surface area contributed by atoms with Crippen molar-refractivity contribution in [1.82, 2.24) is 10.3 Å². The molecule has 19 heavy (non-hydrogen) atoms. The second kappa shape index (κ2) is 7.60. The molecule has 0 saturated heterocycles. The average molecular weight is 283 g/mol. The van der Waals surface area contributed by atoms with Crippen LogP contribution in [0.4, 0.5) is 0 Å². The van der Waals surface area contributed by atoms with Gasteiger partial charge in [0.2, 0.25) is 5.91 Å². The molecule has 0 aliphatic rings. The van der Waals surface area contributed by atoms with E-state index in [0.717, 1.165) is 30.0 Å². The Morgan fingerprint density at radius 1 is 1.47 bits per heavy atom. The van der Waals surface area contributed by atoms with Crippen LogP contribution in [-0.4, -0.2) is 24.0 Å². The third-order valence-corrected chi connectivity index (χ3v) is 4.20. The van der Waals surface area contributed by atoms with E-state index in [1.807, 2.05) is 12.3 Å². The first kappa shape index (κ1) is 16.1. The molecule has 0 aliphatic carbocycles. The summed E-state index contributed by atoms with van der Waals surface area (Å²) in [6.45, 7) is 7.65. The van der Waals surface area contributed by atoms with Gasteiger partial charge in [-0.2, -0.15) is 0 Å². The molecule has 0 unspecified atom stereocenters. The van der Waals surface area contributed by atoms with E-state index in [1.165, 1.54) is 0 Å². The number of aryl methyl sites for hydroxylation is 1. The lowest BCUT2D eigenvalue weighted by molar-refractivity contribution is -0.121. The Balaban J connectivity index is 2.18. The monoisotopic (exact) mass is 283 g/mol. The second-order valence-electron chi connectivity index (χ2n) is 5.69. The molecule has 1 aromatic heterocycles. The lowest BCUT2D eigenvalue weighted by Crippen LogP contribution is -2.27. The van der Waals surface area contributed by atoms with Crippen LogP contribution >= 0.6 is 11.3 Å². The van der Waals surface area contributed by atoms with E-state index >= 15 is 0 Å². The highest BCUT2D eigenvalue weighted by Crippen LogP contribution is 2.25. The molecule has 0 saturated carbocycles. The molecule has 3 N–H and O–H groups in total. The quantitative estimate of drug-likeness (QED) is 0.769. The van der Waals surface area contributed by atoms with E-state index in [-0.39, 0.29) is 11.3 Å². The van der Waals surface area contributed by atoms with Crippen LogP contribution in [0, 0.1) is 12.3 Å². The fourth-order valence-electron chi connectivity index (χ4n) is 1.88. The number of carbonyl (C=O) groups is 1. The molecule has 0 bridgehead atoms. The summed E-state index contributed by atoms with van der Waals surface area (Å²) in [5, 5.41) is 6.07. The van der Waals surface area contributed by atoms with Gasteiger partial charge in [-0.05, 0) is 31.7 Å². The summed E-state index contributed by atoms with van der Waals surface area (Å²) < 4.78 is 0. The van der Waals surface area contributed by atoms with Crippen LogP contribution in [0.15, 0.2) is 5.38 Å². The molecule has 0 aliphatic heterocycles. The van der Waals surface area contributed by atoms with Crippen molar-refractivity contribution >= 4 is 17.2 Å². The van der Waals surface area contributed by atoms with Gasteiger partial charge < -0.3 is 11.1 Å². The molecule has 4 nitrogen and oxygen atoms in total. The minimum atomic E-state index is 0.123. The molecule has 0 aromatic carbocycles. The standard InChI is InChI=1S/C14H25N3OS/c1-11-10-19-13(17-11)5-9-16-12(18)4-6-14(2,3)7-8-15/h10H,4-9,15H2,1-3H3,(H,16,18). The van der Waals surface area contributed by atoms with Gasteiger partial charge in [0.15, 0.2) is 0 Å². The summed E-state index contributed by atoms with van der Waals surface area (Å²) in [6, 6.07) is 0. The Morgan fingerprint density at radius 3 is 2.79 bits per heavy atom. The lowest BCUT2D eigenvalue weighted by atomic mass is 9.84. The second-order valence-corrected chi connectivity index (χ2v) is 6.63. The molecule has 5 heteroatoms. The summed E-state index contributed by atoms with van der Waals surface area (Å²) in [7, 11) is 0. The van der Waals surface area contributed by atoms with Gasteiger partial charge in [-0.1, -0.05) is 13.8 Å². The van der Waals surface area contributed by atoms with E-state index in [2.05, 4.69) is 24.1 Å². The Morgan fingerprint density at radius 2 is 2.21 bits per heavy atom. The Kier molecular flexibility index (Phi) is 6.45. The predicted molar refractivity (Wildman–Crippen MR) is 80.3 cm³/mol. The van der Waals surface area contributed by atoms with Gasteiger partial charge in [-0.15, -0.1) is 11.3 Å². The molecule has 1 aromatic rings. The fraction of sp³-hybridized carbons (Fsp3) is 0.714. The largest absolute Gasteiger partial charge is 0.356 e. The van der Waals surface area contributed by atoms with E-state index in [0.29, 0.717) is 19.5 Å². The van der Waals surface area contributed by atoms with Gasteiger partial charge in [0, 0.05) is 30.5 Å². The van der Waals surface area contributed by atoms with Crippen molar-refractivity contribution in [3.63, 3.8) is 0 Å². The van der Waals surface area contributed by atoms with Gasteiger partial charge in [0.05, 0.1) is 5.01 Å². The van der Waals surface area contributed by atoms with Crippen LogP contribution in [0.1, 0.15) is 43.8 Å². The van der Waals surface area contributed by atoms with E-state index in [1.54, 1.807) is 11.3 Å². The topological polar surface area (TPSA) is 68.0 Å². The Bertz CT molecular complexity index is 401. The molecule has 1 heterocycles. The number of hydrogen-bond donors (Lipinski definition) is 2. The number of nitrogens with one attached hydrogen (secondary N) is 1. The first-order valence-electron chi connectivity index (χ1n) is 6.81. The van der Waals surface area contributed by atoms with Crippen molar-refractivity contribution in [2.24, 2.45) is 11.1 Å². The lowest BCUT2D eigenvalue weighted by Gasteiger charge is -2.23. The Hall–Kier alpha value is -0.940. The number of thiazole rings is 1. The molecule has 108 valence electrons. The zero-order chi connectivity index (χ0) is 14.3. The summed E-state index contributed by atoms with van der Waals surface area (Å²) in [5.41, 5.74) is 6.76. The highest BCUT2D eigenvalue weighted by atomic mass is 32.1. The van der Waals surface area contributed by atoms with Crippen LogP contribution in [0.5, 0.6) is 0 Å². The van der Waals surface area contributed by atoms with Crippen LogP contribution in [0.3, 0.4) is 0 Å². The third kappa shape index (κ3) is 6.68. The Labute approximate surface area is 119 Å². The van der Waals surface area contributed by atoms with Gasteiger partial charge in [-0.3, -0.25) is 4.79 Å². The highest BCUT2D eigenvalue weighted by molar-refractivity contribution is 7.09. The van der Waals surface area contributed by atoms with Crippen molar-refractivity contribution in [2.45, 2.75) is 46.5 Å². The first-order chi connectivity index (χ1) is 8.93. The maximum atomic E-state index is 11.7. The van der Waals surface area contributed by atoms with Gasteiger partial charge >= 0.3 is 0 Å². The van der Waals surface area contributed by atoms with Crippen LogP contribution in [0.2, 0.25) is 0 Å². The van der Waals surface area contributed by atoms with Crippen molar-refractivity contribution in [3.8, 4) is 0 Å². The van der Waals surface area contributed by atoms with Crippen LogP contribution in [-0.2, 0) is 11.2 Å². The molecular weight excluding hydrogens is 258 g/mol. The zero-order valence-electron chi connectivity index (χ0n) is 12.2. The van der Waals surface area contributed by atoms with E-state index in [4.69, 9.17) is 5.73 Å². The minimum Gasteiger partial charge on any atom is -0.356 e. The van der Waals surface area contributed by atoms with Crippen molar-refractivity contribution < 1.29 is 4.79 Å². The van der Waals surface area contributed by atoms with Gasteiger partial charge in [0.1, 0.15) is 0 Å². The van der Waals surface area contributed by atoms with Gasteiger partial charge in [0.25, 0.3) is 0 Å². The third-order valence-electron chi connectivity index (χ3n) is 3.18. The maximum Gasteiger partial charge on any atom is 0.220 e. The maximum absolute atomic E-state index is 11.7. The van der Waals surface area contributed by atoms with E-state index < -0.39 is 0 Å². The molecule has 0 fully saturated rings. The zero-order valence-corrected chi connectivity index (χ0v) is 13.0. The van der Waals surface area contributed by atoms with Crippen LogP contribution < -0.4 is 11.1 Å². The molecule has 0 spiro atoms. The highest BCUT2D eigenvalue weighted by Gasteiger charge is 2.18. The molecular formula is C14H25N3OS. The molecule has 0 radical (unpaired) electrons. The molecule has 1 rings (SSSR count). The SMILES string of the molecule is Cc1csc(CCNC(=O)CCC(C)(C)CCN)n1. The predicted octanol–water partition coefficient (Wildman–Crippen LogP) is 2.27. The van der Waals surface area contributed by atoms with Crippen LogP contribution in [0.25, 0.3) is 0 Å². The number of amides is 1. The number of carbonyl (C=O) groups excluding carboxylic acids is 1. The summed E-state index contributed by atoms with van der Waals surface area (Å²) >= 11 is 1.65. The summed E-state index contributed by atoms with van der Waals surface area (Å²) in [4.78, 5) is 16.1. The molecule has 0 atom stereocenters. The number of hydrogen-bond acceptors (Lipinski definition) is 4. The first-order valence-corrected chi connectivity index (χ1v) is 7.69. The van der Waals surface area contributed by atoms with Crippen molar-refractivity contribution in [1.29, 1.82) is 0 Å². The molecule has 1 amide bonds.